The van der Waals surface area contributed by atoms with Crippen LogP contribution in [0.1, 0.15) is 6.42 Å². The Morgan fingerprint density at radius 2 is 2.38 bits per heavy atom. The van der Waals surface area contributed by atoms with Crippen molar-refractivity contribution in [2.45, 2.75) is 6.42 Å². The number of rotatable bonds is 4. The summed E-state index contributed by atoms with van der Waals surface area (Å²) in [6, 6.07) is 5.78. The molecule has 16 heavy (non-hydrogen) atoms. The van der Waals surface area contributed by atoms with Crippen LogP contribution in [0.2, 0.25) is 0 Å². The van der Waals surface area contributed by atoms with E-state index in [1.54, 1.807) is 7.11 Å². The molecule has 0 saturated heterocycles. The van der Waals surface area contributed by atoms with Crippen molar-refractivity contribution < 1.29 is 9.47 Å². The summed E-state index contributed by atoms with van der Waals surface area (Å²) >= 11 is 0. The van der Waals surface area contributed by atoms with Gasteiger partial charge < -0.3 is 20.1 Å². The van der Waals surface area contributed by atoms with Crippen molar-refractivity contribution in [1.29, 1.82) is 0 Å². The molecule has 4 nitrogen and oxygen atoms in total. The first-order valence-electron chi connectivity index (χ1n) is 5.57. The molecular formula is C12H18N2O2. The minimum atomic E-state index is 0.740. The minimum absolute atomic E-state index is 0.740. The number of ether oxygens (including phenoxy) is 2. The number of benzene rings is 1. The fourth-order valence-corrected chi connectivity index (χ4v) is 1.92. The van der Waals surface area contributed by atoms with Gasteiger partial charge in [0.1, 0.15) is 12.4 Å². The van der Waals surface area contributed by atoms with E-state index in [1.165, 1.54) is 0 Å². The molecular weight excluding hydrogens is 204 g/mol. The van der Waals surface area contributed by atoms with Gasteiger partial charge in [-0.3, -0.25) is 0 Å². The summed E-state index contributed by atoms with van der Waals surface area (Å²) < 4.78 is 10.6. The van der Waals surface area contributed by atoms with Gasteiger partial charge in [-0.05, 0) is 24.6 Å². The number of fused-ring (bicyclic) bond motifs is 1. The van der Waals surface area contributed by atoms with Gasteiger partial charge in [0.2, 0.25) is 0 Å². The highest BCUT2D eigenvalue weighted by molar-refractivity contribution is 5.65. The Bertz CT molecular complexity index is 355. The minimum Gasteiger partial charge on any atom is -0.490 e. The van der Waals surface area contributed by atoms with E-state index in [4.69, 9.17) is 15.2 Å². The maximum Gasteiger partial charge on any atom is 0.142 e. The zero-order valence-corrected chi connectivity index (χ0v) is 9.61. The zero-order chi connectivity index (χ0) is 11.4. The normalized spacial score (nSPS) is 14.4. The van der Waals surface area contributed by atoms with E-state index in [-0.39, 0.29) is 0 Å². The van der Waals surface area contributed by atoms with Gasteiger partial charge in [-0.2, -0.15) is 0 Å². The van der Waals surface area contributed by atoms with Crippen molar-refractivity contribution in [3.05, 3.63) is 18.2 Å². The van der Waals surface area contributed by atoms with Crippen LogP contribution >= 0.6 is 0 Å². The smallest absolute Gasteiger partial charge is 0.142 e. The van der Waals surface area contributed by atoms with Gasteiger partial charge in [0, 0.05) is 25.9 Å². The van der Waals surface area contributed by atoms with E-state index >= 15 is 0 Å². The van der Waals surface area contributed by atoms with Crippen LogP contribution in [0.5, 0.6) is 5.75 Å². The number of nitrogens with zero attached hydrogens (tertiary/aromatic N) is 1. The molecule has 88 valence electrons. The Hall–Kier alpha value is -1.42. The van der Waals surface area contributed by atoms with Gasteiger partial charge in [0.15, 0.2) is 0 Å². The predicted octanol–water partition coefficient (Wildman–Crippen LogP) is 1.50. The predicted molar refractivity (Wildman–Crippen MR) is 65.1 cm³/mol. The Balaban J connectivity index is 2.09. The molecule has 0 fully saturated rings. The fourth-order valence-electron chi connectivity index (χ4n) is 1.92. The SMILES string of the molecule is COCCCN1CCOc2ccc(N)cc21. The first-order chi connectivity index (χ1) is 7.81. The third kappa shape index (κ3) is 2.39. The molecule has 1 aliphatic heterocycles. The molecule has 0 spiro atoms. The quantitative estimate of drug-likeness (QED) is 0.619. The number of hydrogen-bond acceptors (Lipinski definition) is 4. The summed E-state index contributed by atoms with van der Waals surface area (Å²) in [5, 5.41) is 0. The number of hydrogen-bond donors (Lipinski definition) is 1. The molecule has 2 rings (SSSR count). The van der Waals surface area contributed by atoms with Crippen molar-refractivity contribution in [1.82, 2.24) is 0 Å². The lowest BCUT2D eigenvalue weighted by Gasteiger charge is -2.31. The topological polar surface area (TPSA) is 47.7 Å². The van der Waals surface area contributed by atoms with Gasteiger partial charge in [0.05, 0.1) is 12.2 Å². The summed E-state index contributed by atoms with van der Waals surface area (Å²) in [4.78, 5) is 2.30. The Morgan fingerprint density at radius 1 is 1.50 bits per heavy atom. The molecule has 0 aromatic heterocycles. The molecule has 0 atom stereocenters. The van der Waals surface area contributed by atoms with Crippen LogP contribution in [-0.4, -0.2) is 33.4 Å². The second-order valence-corrected chi connectivity index (χ2v) is 3.91. The molecule has 0 radical (unpaired) electrons. The zero-order valence-electron chi connectivity index (χ0n) is 9.61. The fraction of sp³-hybridized carbons (Fsp3) is 0.500. The number of anilines is 2. The van der Waals surface area contributed by atoms with Crippen molar-refractivity contribution >= 4 is 11.4 Å². The van der Waals surface area contributed by atoms with Gasteiger partial charge in [-0.25, -0.2) is 0 Å². The van der Waals surface area contributed by atoms with Crippen LogP contribution in [0.25, 0.3) is 0 Å². The maximum atomic E-state index is 5.79. The average molecular weight is 222 g/mol. The van der Waals surface area contributed by atoms with Crippen molar-refractivity contribution in [2.75, 3.05) is 44.0 Å². The maximum absolute atomic E-state index is 5.79. The van der Waals surface area contributed by atoms with E-state index in [0.717, 1.165) is 49.8 Å². The Labute approximate surface area is 95.9 Å². The summed E-state index contributed by atoms with van der Waals surface area (Å²) in [6.45, 7) is 3.42. The summed E-state index contributed by atoms with van der Waals surface area (Å²) in [6.07, 6.45) is 1.02. The molecule has 1 aromatic carbocycles. The summed E-state index contributed by atoms with van der Waals surface area (Å²) in [5.41, 5.74) is 7.67. The van der Waals surface area contributed by atoms with E-state index < -0.39 is 0 Å². The monoisotopic (exact) mass is 222 g/mol. The molecule has 1 aromatic rings. The van der Waals surface area contributed by atoms with Gasteiger partial charge in [-0.15, -0.1) is 0 Å². The van der Waals surface area contributed by atoms with Crippen LogP contribution < -0.4 is 15.4 Å². The van der Waals surface area contributed by atoms with Crippen LogP contribution in [0, 0.1) is 0 Å². The lowest BCUT2D eigenvalue weighted by molar-refractivity contribution is 0.195. The molecule has 1 heterocycles. The first-order valence-corrected chi connectivity index (χ1v) is 5.57. The third-order valence-electron chi connectivity index (χ3n) is 2.72. The van der Waals surface area contributed by atoms with Crippen LogP contribution in [0.4, 0.5) is 11.4 Å². The summed E-state index contributed by atoms with van der Waals surface area (Å²) in [5.74, 6) is 0.929. The summed E-state index contributed by atoms with van der Waals surface area (Å²) in [7, 11) is 1.73. The molecule has 0 saturated carbocycles. The Morgan fingerprint density at radius 3 is 3.19 bits per heavy atom. The second-order valence-electron chi connectivity index (χ2n) is 3.91. The largest absolute Gasteiger partial charge is 0.490 e. The second kappa shape index (κ2) is 5.07. The van der Waals surface area contributed by atoms with Crippen LogP contribution in [0.15, 0.2) is 18.2 Å². The highest BCUT2D eigenvalue weighted by Crippen LogP contribution is 2.33. The van der Waals surface area contributed by atoms with Crippen LogP contribution in [0.3, 0.4) is 0 Å². The van der Waals surface area contributed by atoms with Crippen molar-refractivity contribution in [3.63, 3.8) is 0 Å². The van der Waals surface area contributed by atoms with Gasteiger partial charge >= 0.3 is 0 Å². The third-order valence-corrected chi connectivity index (χ3v) is 2.72. The number of nitrogens with two attached hydrogens (primary N) is 1. The van der Waals surface area contributed by atoms with E-state index in [1.807, 2.05) is 18.2 Å². The number of nitrogen functional groups attached to an aromatic ring is 1. The standard InChI is InChI=1S/C12H18N2O2/c1-15-7-2-5-14-6-8-16-12-4-3-10(13)9-11(12)14/h3-4,9H,2,5-8,13H2,1H3. The molecule has 0 aliphatic carbocycles. The lowest BCUT2D eigenvalue weighted by atomic mass is 10.2. The van der Waals surface area contributed by atoms with Gasteiger partial charge in [-0.1, -0.05) is 0 Å². The average Bonchev–Trinajstić information content (AvgIpc) is 2.30. The molecule has 0 unspecified atom stereocenters. The van der Waals surface area contributed by atoms with Crippen molar-refractivity contribution in [2.24, 2.45) is 0 Å². The van der Waals surface area contributed by atoms with E-state index in [9.17, 15) is 0 Å². The highest BCUT2D eigenvalue weighted by Gasteiger charge is 2.17. The van der Waals surface area contributed by atoms with E-state index in [2.05, 4.69) is 4.90 Å². The lowest BCUT2D eigenvalue weighted by Crippen LogP contribution is -2.33. The van der Waals surface area contributed by atoms with E-state index in [0.29, 0.717) is 0 Å². The highest BCUT2D eigenvalue weighted by atomic mass is 16.5. The van der Waals surface area contributed by atoms with Crippen LogP contribution in [-0.2, 0) is 4.74 Å². The van der Waals surface area contributed by atoms with Gasteiger partial charge in [0.25, 0.3) is 0 Å². The molecule has 1 aliphatic rings. The first kappa shape index (κ1) is 11.1. The Kier molecular flexibility index (Phi) is 3.51. The molecule has 0 amide bonds. The van der Waals surface area contributed by atoms with Crippen molar-refractivity contribution in [3.8, 4) is 5.75 Å². The molecule has 2 N–H and O–H groups in total. The molecule has 4 heteroatoms. The molecule has 0 bridgehead atoms. The number of methoxy groups -OCH3 is 1.